The molecule has 0 N–H and O–H groups in total. The minimum Gasteiger partial charge on any atom is -0.332 e. The first-order valence-electron chi connectivity index (χ1n) is 8.68. The van der Waals surface area contributed by atoms with Gasteiger partial charge in [0.2, 0.25) is 5.95 Å². The molecule has 0 aliphatic carbocycles. The third-order valence-corrected chi connectivity index (χ3v) is 4.65. The summed E-state index contributed by atoms with van der Waals surface area (Å²) < 4.78 is 2.01. The predicted molar refractivity (Wildman–Crippen MR) is 96.9 cm³/mol. The van der Waals surface area contributed by atoms with Gasteiger partial charge in [0.05, 0.1) is 11.7 Å². The van der Waals surface area contributed by atoms with Crippen LogP contribution in [0.1, 0.15) is 41.8 Å². The molecule has 128 valence electrons. The minimum absolute atomic E-state index is 0.213. The van der Waals surface area contributed by atoms with Crippen LogP contribution in [-0.4, -0.2) is 31.0 Å². The van der Waals surface area contributed by atoms with Crippen molar-refractivity contribution in [3.63, 3.8) is 0 Å². The lowest BCUT2D eigenvalue weighted by molar-refractivity contribution is 0.673. The highest BCUT2D eigenvalue weighted by atomic mass is 15.3. The van der Waals surface area contributed by atoms with E-state index in [1.54, 1.807) is 6.20 Å². The molecule has 1 atom stereocenters. The molecule has 1 aliphatic heterocycles. The van der Waals surface area contributed by atoms with Crippen LogP contribution in [0.2, 0.25) is 0 Å². The van der Waals surface area contributed by atoms with Gasteiger partial charge in [-0.15, -0.1) is 0 Å². The van der Waals surface area contributed by atoms with Crippen LogP contribution >= 0.6 is 0 Å². The summed E-state index contributed by atoms with van der Waals surface area (Å²) in [6.07, 6.45) is 5.93. The molecular formula is C19H22N6. The summed E-state index contributed by atoms with van der Waals surface area (Å²) >= 11 is 0. The SMILES string of the molecule is Cc1cc(C)nc(N2CCC[C@H]2c2cccc(-n3ccnc3C)n2)n1. The molecule has 0 bridgehead atoms. The average molecular weight is 334 g/mol. The van der Waals surface area contributed by atoms with Crippen LogP contribution in [0.3, 0.4) is 0 Å². The van der Waals surface area contributed by atoms with Crippen LogP contribution in [0.5, 0.6) is 0 Å². The Morgan fingerprint density at radius 3 is 2.56 bits per heavy atom. The van der Waals surface area contributed by atoms with Gasteiger partial charge in [-0.2, -0.15) is 0 Å². The monoisotopic (exact) mass is 334 g/mol. The molecule has 0 spiro atoms. The molecule has 1 fully saturated rings. The lowest BCUT2D eigenvalue weighted by Gasteiger charge is -2.25. The Morgan fingerprint density at radius 2 is 1.84 bits per heavy atom. The molecule has 6 heteroatoms. The smallest absolute Gasteiger partial charge is 0.226 e. The fourth-order valence-electron chi connectivity index (χ4n) is 3.53. The molecule has 4 heterocycles. The Kier molecular flexibility index (Phi) is 3.95. The maximum atomic E-state index is 4.90. The first-order chi connectivity index (χ1) is 12.1. The van der Waals surface area contributed by atoms with Crippen molar-refractivity contribution >= 4 is 5.95 Å². The first-order valence-corrected chi connectivity index (χ1v) is 8.68. The average Bonchev–Trinajstić information content (AvgIpc) is 3.23. The summed E-state index contributed by atoms with van der Waals surface area (Å²) in [5.41, 5.74) is 3.07. The molecule has 3 aromatic rings. The number of nitrogens with zero attached hydrogens (tertiary/aromatic N) is 6. The van der Waals surface area contributed by atoms with E-state index in [4.69, 9.17) is 4.98 Å². The number of pyridine rings is 1. The number of hydrogen-bond acceptors (Lipinski definition) is 5. The van der Waals surface area contributed by atoms with E-state index in [0.717, 1.165) is 54.1 Å². The van der Waals surface area contributed by atoms with Crippen molar-refractivity contribution in [2.75, 3.05) is 11.4 Å². The van der Waals surface area contributed by atoms with Crippen molar-refractivity contribution in [3.05, 3.63) is 59.6 Å². The summed E-state index contributed by atoms with van der Waals surface area (Å²) in [7, 11) is 0. The molecule has 1 saturated heterocycles. The maximum absolute atomic E-state index is 4.90. The van der Waals surface area contributed by atoms with E-state index in [1.165, 1.54) is 0 Å². The number of aryl methyl sites for hydroxylation is 3. The quantitative estimate of drug-likeness (QED) is 0.735. The first kappa shape index (κ1) is 15.7. The zero-order valence-electron chi connectivity index (χ0n) is 14.8. The Bertz CT molecular complexity index is 880. The number of aromatic nitrogens is 5. The maximum Gasteiger partial charge on any atom is 0.226 e. The largest absolute Gasteiger partial charge is 0.332 e. The Labute approximate surface area is 147 Å². The van der Waals surface area contributed by atoms with E-state index in [2.05, 4.69) is 32.0 Å². The molecule has 0 unspecified atom stereocenters. The normalized spacial score (nSPS) is 17.2. The third kappa shape index (κ3) is 2.99. The van der Waals surface area contributed by atoms with Crippen molar-refractivity contribution < 1.29 is 0 Å². The van der Waals surface area contributed by atoms with Crippen molar-refractivity contribution in [2.45, 2.75) is 39.7 Å². The van der Waals surface area contributed by atoms with E-state index in [1.807, 2.05) is 43.7 Å². The highest BCUT2D eigenvalue weighted by molar-refractivity contribution is 5.39. The van der Waals surface area contributed by atoms with Crippen LogP contribution in [-0.2, 0) is 0 Å². The van der Waals surface area contributed by atoms with E-state index in [9.17, 15) is 0 Å². The number of rotatable bonds is 3. The van der Waals surface area contributed by atoms with E-state index < -0.39 is 0 Å². The molecule has 4 rings (SSSR count). The zero-order chi connectivity index (χ0) is 17.4. The van der Waals surface area contributed by atoms with Gasteiger partial charge in [-0.05, 0) is 51.8 Å². The molecule has 0 saturated carbocycles. The van der Waals surface area contributed by atoms with Crippen molar-refractivity contribution in [3.8, 4) is 5.82 Å². The van der Waals surface area contributed by atoms with Crippen molar-refractivity contribution in [2.24, 2.45) is 0 Å². The van der Waals surface area contributed by atoms with Gasteiger partial charge in [-0.1, -0.05) is 6.07 Å². The van der Waals surface area contributed by atoms with E-state index in [0.29, 0.717) is 0 Å². The van der Waals surface area contributed by atoms with Gasteiger partial charge in [0.15, 0.2) is 0 Å². The number of hydrogen-bond donors (Lipinski definition) is 0. The minimum atomic E-state index is 0.213. The second kappa shape index (κ2) is 6.27. The van der Waals surface area contributed by atoms with Crippen molar-refractivity contribution in [1.82, 2.24) is 24.5 Å². The van der Waals surface area contributed by atoms with Crippen molar-refractivity contribution in [1.29, 1.82) is 0 Å². The summed E-state index contributed by atoms with van der Waals surface area (Å²) in [6.45, 7) is 6.98. The van der Waals surface area contributed by atoms with Gasteiger partial charge in [0.1, 0.15) is 11.6 Å². The lowest BCUT2D eigenvalue weighted by atomic mass is 10.1. The second-order valence-electron chi connectivity index (χ2n) is 6.57. The van der Waals surface area contributed by atoms with Gasteiger partial charge in [-0.25, -0.2) is 19.9 Å². The molecule has 6 nitrogen and oxygen atoms in total. The molecule has 3 aromatic heterocycles. The summed E-state index contributed by atoms with van der Waals surface area (Å²) in [4.78, 5) is 20.8. The Hall–Kier alpha value is -2.76. The Balaban J connectivity index is 1.70. The van der Waals surface area contributed by atoms with Crippen LogP contribution in [0, 0.1) is 20.8 Å². The predicted octanol–water partition coefficient (Wildman–Crippen LogP) is 3.32. The second-order valence-corrected chi connectivity index (χ2v) is 6.57. The van der Waals surface area contributed by atoms with Gasteiger partial charge < -0.3 is 4.90 Å². The number of imidazole rings is 1. The van der Waals surface area contributed by atoms with Crippen LogP contribution in [0.15, 0.2) is 36.7 Å². The van der Waals surface area contributed by atoms with Gasteiger partial charge >= 0.3 is 0 Å². The van der Waals surface area contributed by atoms with Gasteiger partial charge in [0, 0.05) is 30.3 Å². The lowest BCUT2D eigenvalue weighted by Crippen LogP contribution is -2.26. The fourth-order valence-corrected chi connectivity index (χ4v) is 3.53. The van der Waals surface area contributed by atoms with Gasteiger partial charge in [-0.3, -0.25) is 4.57 Å². The van der Waals surface area contributed by atoms with E-state index in [-0.39, 0.29) is 6.04 Å². The van der Waals surface area contributed by atoms with Crippen LogP contribution < -0.4 is 4.90 Å². The van der Waals surface area contributed by atoms with Crippen LogP contribution in [0.25, 0.3) is 5.82 Å². The highest BCUT2D eigenvalue weighted by Crippen LogP contribution is 2.34. The standard InChI is InChI=1S/C19H22N6/c1-13-12-14(2)22-19(21-13)25-10-5-7-17(25)16-6-4-8-18(23-16)24-11-9-20-15(24)3/h4,6,8-9,11-12,17H,5,7,10H2,1-3H3/t17-/m0/s1. The van der Waals surface area contributed by atoms with Gasteiger partial charge in [0.25, 0.3) is 0 Å². The number of anilines is 1. The summed E-state index contributed by atoms with van der Waals surface area (Å²) in [5, 5.41) is 0. The fraction of sp³-hybridized carbons (Fsp3) is 0.368. The molecule has 1 aliphatic rings. The zero-order valence-corrected chi connectivity index (χ0v) is 14.8. The molecular weight excluding hydrogens is 312 g/mol. The molecule has 25 heavy (non-hydrogen) atoms. The molecule has 0 radical (unpaired) electrons. The third-order valence-electron chi connectivity index (χ3n) is 4.65. The van der Waals surface area contributed by atoms with E-state index >= 15 is 0 Å². The summed E-state index contributed by atoms with van der Waals surface area (Å²) in [5.74, 6) is 2.65. The summed E-state index contributed by atoms with van der Waals surface area (Å²) in [6, 6.07) is 8.40. The molecule has 0 amide bonds. The Morgan fingerprint density at radius 1 is 1.04 bits per heavy atom. The molecule has 0 aromatic carbocycles. The highest BCUT2D eigenvalue weighted by Gasteiger charge is 2.29. The van der Waals surface area contributed by atoms with Crippen LogP contribution in [0.4, 0.5) is 5.95 Å². The topological polar surface area (TPSA) is 59.7 Å².